The van der Waals surface area contributed by atoms with E-state index in [1.54, 1.807) is 0 Å². The van der Waals surface area contributed by atoms with Gasteiger partial charge in [0.05, 0.1) is 11.7 Å². The molecule has 0 saturated heterocycles. The summed E-state index contributed by atoms with van der Waals surface area (Å²) in [6.45, 7) is 12.0. The Labute approximate surface area is 150 Å². The zero-order chi connectivity index (χ0) is 17.2. The normalized spacial score (nSPS) is 51.6. The van der Waals surface area contributed by atoms with Crippen molar-refractivity contribution in [2.45, 2.75) is 111 Å². The largest absolute Gasteiger partial charge is 0.373 e. The summed E-state index contributed by atoms with van der Waals surface area (Å²) in [7, 11) is 0. The number of hydrogen-bond donors (Lipinski definition) is 0. The Hall–Kier alpha value is -0.0400. The van der Waals surface area contributed by atoms with Crippen LogP contribution in [0.15, 0.2) is 0 Å². The molecule has 0 radical (unpaired) electrons. The lowest BCUT2D eigenvalue weighted by molar-refractivity contribution is -0.103. The van der Waals surface area contributed by atoms with Crippen molar-refractivity contribution in [1.82, 2.24) is 0 Å². The number of fused-ring (bicyclic) bond motifs is 5. The Bertz CT molecular complexity index is 477. The van der Waals surface area contributed by atoms with Gasteiger partial charge in [-0.15, -0.1) is 0 Å². The molecule has 4 aliphatic carbocycles. The van der Waals surface area contributed by atoms with Gasteiger partial charge < -0.3 is 4.74 Å². The van der Waals surface area contributed by atoms with E-state index in [1.165, 1.54) is 64.2 Å². The van der Waals surface area contributed by atoms with E-state index in [1.807, 2.05) is 0 Å². The summed E-state index contributed by atoms with van der Waals surface area (Å²) in [6, 6.07) is 0. The zero-order valence-electron chi connectivity index (χ0n) is 16.9. The third-order valence-electron chi connectivity index (χ3n) is 8.83. The molecule has 138 valence electrons. The van der Waals surface area contributed by atoms with E-state index in [2.05, 4.69) is 34.6 Å². The predicted molar refractivity (Wildman–Crippen MR) is 101 cm³/mol. The van der Waals surface area contributed by atoms with E-state index in [-0.39, 0.29) is 5.60 Å². The van der Waals surface area contributed by atoms with Crippen LogP contribution in [-0.2, 0) is 4.74 Å². The molecule has 4 aliphatic rings. The second-order valence-corrected chi connectivity index (χ2v) is 11.4. The highest BCUT2D eigenvalue weighted by molar-refractivity contribution is 5.08. The van der Waals surface area contributed by atoms with Crippen LogP contribution in [0.4, 0.5) is 0 Å². The lowest BCUT2D eigenvalue weighted by Crippen LogP contribution is -2.51. The van der Waals surface area contributed by atoms with Crippen LogP contribution in [0.5, 0.6) is 0 Å². The smallest absolute Gasteiger partial charge is 0.0602 e. The van der Waals surface area contributed by atoms with Crippen LogP contribution in [0.2, 0.25) is 0 Å². The highest BCUT2D eigenvalue weighted by Crippen LogP contribution is 2.66. The van der Waals surface area contributed by atoms with Crippen molar-refractivity contribution in [2.75, 3.05) is 0 Å². The zero-order valence-corrected chi connectivity index (χ0v) is 16.9. The molecule has 0 aromatic heterocycles. The molecular weight excluding hydrogens is 292 g/mol. The minimum atomic E-state index is 0.0148. The minimum absolute atomic E-state index is 0.0148. The van der Waals surface area contributed by atoms with Crippen molar-refractivity contribution >= 4 is 0 Å². The van der Waals surface area contributed by atoms with E-state index in [9.17, 15) is 0 Å². The van der Waals surface area contributed by atoms with Gasteiger partial charge in [-0.05, 0) is 107 Å². The fraction of sp³-hybridized carbons (Fsp3) is 1.00. The number of hydrogen-bond acceptors (Lipinski definition) is 1. The monoisotopic (exact) mass is 332 g/mol. The average molecular weight is 333 g/mol. The van der Waals surface area contributed by atoms with Gasteiger partial charge in [0.1, 0.15) is 0 Å². The summed E-state index contributed by atoms with van der Waals surface area (Å²) in [5.41, 5.74) is 1.25. The maximum Gasteiger partial charge on any atom is 0.0602 e. The van der Waals surface area contributed by atoms with Gasteiger partial charge in [-0.1, -0.05) is 26.7 Å². The molecule has 0 aromatic carbocycles. The fourth-order valence-electron chi connectivity index (χ4n) is 7.88. The molecule has 24 heavy (non-hydrogen) atoms. The van der Waals surface area contributed by atoms with Crippen molar-refractivity contribution in [3.63, 3.8) is 0 Å². The maximum atomic E-state index is 6.47. The Morgan fingerprint density at radius 3 is 2.42 bits per heavy atom. The standard InChI is InChI=1S/C23H40O/c1-21(2,3)24-17-14-20-18-10-9-16-8-6-7-12-23(16,5)19(18)11-13-22(20,4)15-17/h16-20H,6-15H2,1-5H3/t16-,17-,18-,19+,20+,22-,23+/m1/s1. The molecular formula is C23H40O. The van der Waals surface area contributed by atoms with Crippen LogP contribution in [-0.4, -0.2) is 11.7 Å². The van der Waals surface area contributed by atoms with Crippen LogP contribution < -0.4 is 0 Å². The molecule has 0 spiro atoms. The summed E-state index contributed by atoms with van der Waals surface area (Å²) in [5.74, 6) is 3.99. The second kappa shape index (κ2) is 5.73. The van der Waals surface area contributed by atoms with Crippen molar-refractivity contribution in [3.8, 4) is 0 Å². The fourth-order valence-corrected chi connectivity index (χ4v) is 7.88. The van der Waals surface area contributed by atoms with Crippen molar-refractivity contribution in [1.29, 1.82) is 0 Å². The van der Waals surface area contributed by atoms with Crippen molar-refractivity contribution < 1.29 is 4.74 Å². The van der Waals surface area contributed by atoms with Gasteiger partial charge in [0, 0.05) is 0 Å². The molecule has 1 nitrogen and oxygen atoms in total. The van der Waals surface area contributed by atoms with Crippen molar-refractivity contribution in [2.24, 2.45) is 34.5 Å². The first-order valence-electron chi connectivity index (χ1n) is 10.9. The maximum absolute atomic E-state index is 6.47. The Morgan fingerprint density at radius 1 is 0.875 bits per heavy atom. The minimum Gasteiger partial charge on any atom is -0.373 e. The van der Waals surface area contributed by atoms with Crippen LogP contribution in [0.25, 0.3) is 0 Å². The van der Waals surface area contributed by atoms with Gasteiger partial charge in [-0.25, -0.2) is 0 Å². The van der Waals surface area contributed by atoms with Gasteiger partial charge in [0.15, 0.2) is 0 Å². The molecule has 0 aromatic rings. The van der Waals surface area contributed by atoms with Gasteiger partial charge in [-0.3, -0.25) is 0 Å². The van der Waals surface area contributed by atoms with E-state index < -0.39 is 0 Å². The molecule has 0 amide bonds. The number of ether oxygens (including phenoxy) is 1. The molecule has 1 heteroatoms. The van der Waals surface area contributed by atoms with Gasteiger partial charge in [-0.2, -0.15) is 0 Å². The molecule has 4 saturated carbocycles. The molecule has 7 atom stereocenters. The van der Waals surface area contributed by atoms with Crippen molar-refractivity contribution in [3.05, 3.63) is 0 Å². The topological polar surface area (TPSA) is 9.23 Å². The van der Waals surface area contributed by atoms with Crippen LogP contribution in [0.3, 0.4) is 0 Å². The van der Waals surface area contributed by atoms with Gasteiger partial charge >= 0.3 is 0 Å². The Kier molecular flexibility index (Phi) is 4.15. The Morgan fingerprint density at radius 2 is 1.67 bits per heavy atom. The first-order valence-corrected chi connectivity index (χ1v) is 10.9. The van der Waals surface area contributed by atoms with Gasteiger partial charge in [0.2, 0.25) is 0 Å². The van der Waals surface area contributed by atoms with Crippen LogP contribution >= 0.6 is 0 Å². The quantitative estimate of drug-likeness (QED) is 0.525. The number of rotatable bonds is 1. The van der Waals surface area contributed by atoms with E-state index >= 15 is 0 Å². The first kappa shape index (κ1) is 17.4. The molecule has 0 heterocycles. The first-order chi connectivity index (χ1) is 11.2. The SMILES string of the molecule is CC(C)(C)O[C@@H]1C[C@H]2[C@@H]3CC[C@H]4CCCC[C@]4(C)[C@H]3CC[C@]2(C)C1. The summed E-state index contributed by atoms with van der Waals surface area (Å²) < 4.78 is 6.47. The average Bonchev–Trinajstić information content (AvgIpc) is 2.80. The molecule has 0 bridgehead atoms. The second-order valence-electron chi connectivity index (χ2n) is 11.4. The van der Waals surface area contributed by atoms with E-state index in [0.717, 1.165) is 23.7 Å². The summed E-state index contributed by atoms with van der Waals surface area (Å²) in [4.78, 5) is 0. The predicted octanol–water partition coefficient (Wildman–Crippen LogP) is 6.60. The molecule has 0 aliphatic heterocycles. The third kappa shape index (κ3) is 2.78. The van der Waals surface area contributed by atoms with Crippen LogP contribution in [0, 0.1) is 34.5 Å². The van der Waals surface area contributed by atoms with E-state index in [4.69, 9.17) is 4.74 Å². The summed E-state index contributed by atoms with van der Waals surface area (Å²) >= 11 is 0. The Balaban J connectivity index is 1.55. The highest BCUT2D eigenvalue weighted by Gasteiger charge is 2.58. The third-order valence-corrected chi connectivity index (χ3v) is 8.83. The molecule has 0 unspecified atom stereocenters. The van der Waals surface area contributed by atoms with Gasteiger partial charge in [0.25, 0.3) is 0 Å². The summed E-state index contributed by atoms with van der Waals surface area (Å²) in [6.07, 6.45) is 15.2. The van der Waals surface area contributed by atoms with E-state index in [0.29, 0.717) is 16.9 Å². The summed E-state index contributed by atoms with van der Waals surface area (Å²) in [5, 5.41) is 0. The lowest BCUT2D eigenvalue weighted by atomic mass is 9.45. The molecule has 0 N–H and O–H groups in total. The highest BCUT2D eigenvalue weighted by atomic mass is 16.5. The molecule has 4 fully saturated rings. The van der Waals surface area contributed by atoms with Crippen LogP contribution in [0.1, 0.15) is 98.8 Å². The lowest BCUT2D eigenvalue weighted by Gasteiger charge is -2.60. The molecule has 4 rings (SSSR count).